The summed E-state index contributed by atoms with van der Waals surface area (Å²) in [6.07, 6.45) is 2.78. The quantitative estimate of drug-likeness (QED) is 0.505. The minimum absolute atomic E-state index is 0.0666. The molecule has 2 nitrogen and oxygen atoms in total. The molecule has 2 rings (SSSR count). The van der Waals surface area contributed by atoms with Crippen LogP contribution in [0.4, 0.5) is 0 Å². The second-order valence-corrected chi connectivity index (χ2v) is 3.09. The van der Waals surface area contributed by atoms with Gasteiger partial charge in [-0.1, -0.05) is 0 Å². The van der Waals surface area contributed by atoms with E-state index in [0.717, 1.165) is 19.5 Å². The zero-order valence-corrected chi connectivity index (χ0v) is 5.52. The van der Waals surface area contributed by atoms with Crippen molar-refractivity contribution >= 4 is 0 Å². The first-order valence-corrected chi connectivity index (χ1v) is 3.52. The van der Waals surface area contributed by atoms with Crippen LogP contribution >= 0.6 is 0 Å². The standard InChI is InChI=1S/C7H12NO/c1-7-3-2-6(9-7)4-8-5-7/h6,8H,1-5H2. The molecular formula is C7H12NO. The lowest BCUT2D eigenvalue weighted by atomic mass is 10.0. The van der Waals surface area contributed by atoms with Crippen LogP contribution in [0.25, 0.3) is 0 Å². The molecule has 2 heteroatoms. The van der Waals surface area contributed by atoms with Gasteiger partial charge in [0.25, 0.3) is 0 Å². The minimum Gasteiger partial charge on any atom is -0.369 e. The maximum absolute atomic E-state index is 5.61. The van der Waals surface area contributed by atoms with E-state index in [2.05, 4.69) is 12.2 Å². The summed E-state index contributed by atoms with van der Waals surface area (Å²) in [6, 6.07) is 0. The van der Waals surface area contributed by atoms with Crippen molar-refractivity contribution < 1.29 is 4.74 Å². The van der Waals surface area contributed by atoms with Crippen LogP contribution in [-0.4, -0.2) is 24.8 Å². The molecule has 0 aromatic carbocycles. The zero-order chi connectivity index (χ0) is 6.32. The molecule has 2 aliphatic rings. The first-order valence-electron chi connectivity index (χ1n) is 3.52. The molecule has 0 saturated carbocycles. The molecule has 2 atom stereocenters. The normalized spacial score (nSPS) is 49.7. The van der Waals surface area contributed by atoms with Gasteiger partial charge in [-0.25, -0.2) is 0 Å². The Labute approximate surface area is 55.6 Å². The van der Waals surface area contributed by atoms with Gasteiger partial charge in [0.2, 0.25) is 0 Å². The highest BCUT2D eigenvalue weighted by molar-refractivity contribution is 4.97. The van der Waals surface area contributed by atoms with E-state index in [9.17, 15) is 0 Å². The first kappa shape index (κ1) is 5.69. The third kappa shape index (κ3) is 0.864. The highest BCUT2D eigenvalue weighted by Crippen LogP contribution is 2.31. The van der Waals surface area contributed by atoms with Crippen LogP contribution in [-0.2, 0) is 4.74 Å². The van der Waals surface area contributed by atoms with Crippen molar-refractivity contribution in [1.29, 1.82) is 0 Å². The second-order valence-electron chi connectivity index (χ2n) is 3.09. The second kappa shape index (κ2) is 1.70. The Kier molecular flexibility index (Phi) is 1.08. The fourth-order valence-corrected chi connectivity index (χ4v) is 1.63. The highest BCUT2D eigenvalue weighted by atomic mass is 16.5. The highest BCUT2D eigenvalue weighted by Gasteiger charge is 2.38. The van der Waals surface area contributed by atoms with Gasteiger partial charge in [0.05, 0.1) is 11.7 Å². The molecule has 2 bridgehead atoms. The Balaban J connectivity index is 2.13. The number of morpholine rings is 1. The molecule has 0 spiro atoms. The molecule has 0 aliphatic carbocycles. The Bertz CT molecular complexity index is 122. The van der Waals surface area contributed by atoms with Gasteiger partial charge in [0, 0.05) is 13.1 Å². The molecule has 2 unspecified atom stereocenters. The van der Waals surface area contributed by atoms with E-state index in [1.165, 1.54) is 6.42 Å². The van der Waals surface area contributed by atoms with Crippen LogP contribution in [0.2, 0.25) is 0 Å². The van der Waals surface area contributed by atoms with Crippen LogP contribution in [0.15, 0.2) is 0 Å². The number of ether oxygens (including phenoxy) is 1. The van der Waals surface area contributed by atoms with Gasteiger partial charge in [-0.15, -0.1) is 0 Å². The molecule has 1 radical (unpaired) electrons. The fourth-order valence-electron chi connectivity index (χ4n) is 1.63. The maximum atomic E-state index is 5.61. The van der Waals surface area contributed by atoms with Gasteiger partial charge in [0.15, 0.2) is 0 Å². The van der Waals surface area contributed by atoms with Crippen LogP contribution in [0, 0.1) is 6.92 Å². The van der Waals surface area contributed by atoms with Crippen molar-refractivity contribution in [2.24, 2.45) is 0 Å². The van der Waals surface area contributed by atoms with Gasteiger partial charge in [-0.2, -0.15) is 0 Å². The van der Waals surface area contributed by atoms with Crippen molar-refractivity contribution in [2.45, 2.75) is 24.5 Å². The van der Waals surface area contributed by atoms with Crippen LogP contribution < -0.4 is 5.32 Å². The van der Waals surface area contributed by atoms with Gasteiger partial charge in [0.1, 0.15) is 0 Å². The molecule has 2 aliphatic heterocycles. The van der Waals surface area contributed by atoms with Crippen LogP contribution in [0.1, 0.15) is 12.8 Å². The third-order valence-corrected chi connectivity index (χ3v) is 2.16. The summed E-state index contributed by atoms with van der Waals surface area (Å²) in [5.74, 6) is 0. The van der Waals surface area contributed by atoms with E-state index in [0.29, 0.717) is 6.10 Å². The van der Waals surface area contributed by atoms with E-state index in [4.69, 9.17) is 4.74 Å². The summed E-state index contributed by atoms with van der Waals surface area (Å²) < 4.78 is 5.61. The minimum atomic E-state index is -0.0666. The van der Waals surface area contributed by atoms with E-state index >= 15 is 0 Å². The van der Waals surface area contributed by atoms with Gasteiger partial charge < -0.3 is 10.1 Å². The van der Waals surface area contributed by atoms with E-state index < -0.39 is 0 Å². The summed E-state index contributed by atoms with van der Waals surface area (Å²) in [6.45, 7) is 5.96. The Morgan fingerprint density at radius 3 is 3.22 bits per heavy atom. The molecule has 0 amide bonds. The number of fused-ring (bicyclic) bond motifs is 2. The summed E-state index contributed by atoms with van der Waals surface area (Å²) in [4.78, 5) is 0. The average molecular weight is 126 g/mol. The molecule has 0 aromatic heterocycles. The third-order valence-electron chi connectivity index (χ3n) is 2.16. The average Bonchev–Trinajstić information content (AvgIpc) is 2.07. The van der Waals surface area contributed by atoms with Crippen molar-refractivity contribution in [3.05, 3.63) is 6.92 Å². The zero-order valence-electron chi connectivity index (χ0n) is 5.52. The molecule has 2 fully saturated rings. The summed E-state index contributed by atoms with van der Waals surface area (Å²) in [5, 5.41) is 3.30. The fraction of sp³-hybridized carbons (Fsp3) is 0.857. The van der Waals surface area contributed by atoms with Crippen LogP contribution in [0.3, 0.4) is 0 Å². The monoisotopic (exact) mass is 126 g/mol. The molecule has 1 N–H and O–H groups in total. The SMILES string of the molecule is [CH2]C12CCC(CNC1)O2. The van der Waals surface area contributed by atoms with Crippen LogP contribution in [0.5, 0.6) is 0 Å². The van der Waals surface area contributed by atoms with E-state index in [1.807, 2.05) is 0 Å². The molecule has 2 heterocycles. The predicted octanol–water partition coefficient (Wildman–Crippen LogP) is 0.341. The Morgan fingerprint density at radius 1 is 1.67 bits per heavy atom. The number of hydrogen-bond acceptors (Lipinski definition) is 2. The largest absolute Gasteiger partial charge is 0.369 e. The Morgan fingerprint density at radius 2 is 2.56 bits per heavy atom. The lowest BCUT2D eigenvalue weighted by molar-refractivity contribution is -0.0340. The lowest BCUT2D eigenvalue weighted by Crippen LogP contribution is -2.46. The number of hydrogen-bond donors (Lipinski definition) is 1. The first-order chi connectivity index (χ1) is 4.29. The summed E-state index contributed by atoms with van der Waals surface area (Å²) >= 11 is 0. The van der Waals surface area contributed by atoms with Crippen molar-refractivity contribution in [3.63, 3.8) is 0 Å². The summed E-state index contributed by atoms with van der Waals surface area (Å²) in [7, 11) is 0. The number of rotatable bonds is 0. The number of nitrogens with one attached hydrogen (secondary N) is 1. The molecule has 51 valence electrons. The molecule has 9 heavy (non-hydrogen) atoms. The van der Waals surface area contributed by atoms with E-state index in [-0.39, 0.29) is 5.60 Å². The molecule has 0 aromatic rings. The van der Waals surface area contributed by atoms with Crippen molar-refractivity contribution in [3.8, 4) is 0 Å². The topological polar surface area (TPSA) is 21.3 Å². The predicted molar refractivity (Wildman–Crippen MR) is 35.1 cm³/mol. The Hall–Kier alpha value is -0.0800. The smallest absolute Gasteiger partial charge is 0.0812 e. The summed E-state index contributed by atoms with van der Waals surface area (Å²) in [5.41, 5.74) is -0.0666. The van der Waals surface area contributed by atoms with Gasteiger partial charge >= 0.3 is 0 Å². The van der Waals surface area contributed by atoms with Gasteiger partial charge in [-0.05, 0) is 19.8 Å². The van der Waals surface area contributed by atoms with E-state index in [1.54, 1.807) is 0 Å². The molecular weight excluding hydrogens is 114 g/mol. The lowest BCUT2D eigenvalue weighted by Gasteiger charge is -2.30. The van der Waals surface area contributed by atoms with Crippen molar-refractivity contribution in [1.82, 2.24) is 5.32 Å². The van der Waals surface area contributed by atoms with Gasteiger partial charge in [-0.3, -0.25) is 0 Å². The maximum Gasteiger partial charge on any atom is 0.0812 e. The molecule has 2 saturated heterocycles. The van der Waals surface area contributed by atoms with Crippen molar-refractivity contribution in [2.75, 3.05) is 13.1 Å².